The number of oxazole rings is 1. The van der Waals surface area contributed by atoms with E-state index in [1.165, 1.54) is 0 Å². The monoisotopic (exact) mass is 390 g/mol. The number of amides is 1. The van der Waals surface area contributed by atoms with Gasteiger partial charge in [0.15, 0.2) is 5.89 Å². The van der Waals surface area contributed by atoms with Crippen LogP contribution in [0.2, 0.25) is 0 Å². The van der Waals surface area contributed by atoms with E-state index >= 15 is 0 Å². The summed E-state index contributed by atoms with van der Waals surface area (Å²) in [5.74, 6) is 1.65. The minimum absolute atomic E-state index is 0.116. The first-order valence-corrected chi connectivity index (χ1v) is 10.2. The number of rotatable bonds is 7. The van der Waals surface area contributed by atoms with Crippen LogP contribution in [0, 0.1) is 6.92 Å². The van der Waals surface area contributed by atoms with Gasteiger partial charge in [0.2, 0.25) is 5.91 Å². The van der Waals surface area contributed by atoms with Crippen LogP contribution in [0.5, 0.6) is 0 Å². The van der Waals surface area contributed by atoms with E-state index in [9.17, 15) is 4.79 Å². The Morgan fingerprint density at radius 2 is 1.45 bits per heavy atom. The molecule has 4 heteroatoms. The predicted octanol–water partition coefficient (Wildman–Crippen LogP) is 5.44. The van der Waals surface area contributed by atoms with E-state index in [1.807, 2.05) is 48.2 Å². The fourth-order valence-electron chi connectivity index (χ4n) is 3.20. The Kier molecular flexibility index (Phi) is 6.53. The van der Waals surface area contributed by atoms with Crippen LogP contribution in [0.15, 0.2) is 65.1 Å². The highest BCUT2D eigenvalue weighted by Crippen LogP contribution is 2.24. The van der Waals surface area contributed by atoms with Crippen LogP contribution < -0.4 is 0 Å². The van der Waals surface area contributed by atoms with Crippen molar-refractivity contribution in [3.05, 3.63) is 89.1 Å². The maximum atomic E-state index is 13.1. The molecule has 2 aromatic carbocycles. The van der Waals surface area contributed by atoms with Gasteiger partial charge in [-0.05, 0) is 18.1 Å². The molecule has 152 valence electrons. The van der Waals surface area contributed by atoms with Crippen molar-refractivity contribution in [2.45, 2.75) is 59.0 Å². The molecule has 0 aliphatic rings. The standard InChI is InChI=1S/C25H30N2O2/c1-19-22(29-24(26-19)25(2,3)4)15-16-23(28)27(17-20-11-7-5-8-12-20)18-21-13-9-6-10-14-21/h5-14H,15-18H2,1-4H3. The van der Waals surface area contributed by atoms with Crippen molar-refractivity contribution in [2.24, 2.45) is 0 Å². The molecule has 0 N–H and O–H groups in total. The lowest BCUT2D eigenvalue weighted by Gasteiger charge is -2.23. The fourth-order valence-corrected chi connectivity index (χ4v) is 3.20. The molecule has 0 spiro atoms. The summed E-state index contributed by atoms with van der Waals surface area (Å²) in [5, 5.41) is 0. The van der Waals surface area contributed by atoms with Gasteiger partial charge < -0.3 is 9.32 Å². The van der Waals surface area contributed by atoms with Crippen LogP contribution in [-0.2, 0) is 29.7 Å². The molecule has 0 aliphatic heterocycles. The third-order valence-corrected chi connectivity index (χ3v) is 4.89. The molecule has 0 atom stereocenters. The van der Waals surface area contributed by atoms with Gasteiger partial charge in [-0.2, -0.15) is 0 Å². The number of hydrogen-bond donors (Lipinski definition) is 0. The third-order valence-electron chi connectivity index (χ3n) is 4.89. The number of nitrogens with zero attached hydrogens (tertiary/aromatic N) is 2. The maximum Gasteiger partial charge on any atom is 0.223 e. The van der Waals surface area contributed by atoms with Gasteiger partial charge in [-0.3, -0.25) is 4.79 Å². The second-order valence-electron chi connectivity index (χ2n) is 8.50. The molecular formula is C25H30N2O2. The van der Waals surface area contributed by atoms with Gasteiger partial charge in [0, 0.05) is 31.3 Å². The Morgan fingerprint density at radius 1 is 0.931 bits per heavy atom. The average molecular weight is 391 g/mol. The van der Waals surface area contributed by atoms with Crippen LogP contribution in [0.4, 0.5) is 0 Å². The lowest BCUT2D eigenvalue weighted by Crippen LogP contribution is -2.30. The molecule has 0 saturated heterocycles. The molecule has 0 bridgehead atoms. The van der Waals surface area contributed by atoms with Crippen molar-refractivity contribution >= 4 is 5.91 Å². The summed E-state index contributed by atoms with van der Waals surface area (Å²) in [5.41, 5.74) is 2.99. The first-order chi connectivity index (χ1) is 13.8. The molecule has 1 heterocycles. The molecule has 1 aromatic heterocycles. The highest BCUT2D eigenvalue weighted by Gasteiger charge is 2.23. The van der Waals surface area contributed by atoms with Gasteiger partial charge in [-0.1, -0.05) is 81.4 Å². The zero-order valence-electron chi connectivity index (χ0n) is 17.8. The van der Waals surface area contributed by atoms with Gasteiger partial charge in [0.1, 0.15) is 5.76 Å². The van der Waals surface area contributed by atoms with E-state index in [1.54, 1.807) is 0 Å². The van der Waals surface area contributed by atoms with Gasteiger partial charge in [-0.25, -0.2) is 4.98 Å². The minimum atomic E-state index is -0.139. The van der Waals surface area contributed by atoms with E-state index in [2.05, 4.69) is 50.0 Å². The number of hydrogen-bond acceptors (Lipinski definition) is 3. The van der Waals surface area contributed by atoms with Crippen molar-refractivity contribution in [2.75, 3.05) is 0 Å². The number of carbonyl (C=O) groups excluding carboxylic acids is 1. The van der Waals surface area contributed by atoms with Crippen molar-refractivity contribution < 1.29 is 9.21 Å². The molecule has 3 rings (SSSR count). The molecule has 0 unspecified atom stereocenters. The summed E-state index contributed by atoms with van der Waals surface area (Å²) in [6.45, 7) is 9.37. The topological polar surface area (TPSA) is 46.3 Å². The fraction of sp³-hybridized carbons (Fsp3) is 0.360. The van der Waals surface area contributed by atoms with E-state index in [0.29, 0.717) is 25.9 Å². The minimum Gasteiger partial charge on any atom is -0.445 e. The largest absolute Gasteiger partial charge is 0.445 e. The number of aryl methyl sites for hydroxylation is 2. The van der Waals surface area contributed by atoms with Crippen molar-refractivity contribution in [3.8, 4) is 0 Å². The Balaban J connectivity index is 1.71. The molecule has 0 saturated carbocycles. The third kappa shape index (κ3) is 5.80. The van der Waals surface area contributed by atoms with E-state index in [-0.39, 0.29) is 11.3 Å². The van der Waals surface area contributed by atoms with Gasteiger partial charge in [0.25, 0.3) is 0 Å². The normalized spacial score (nSPS) is 11.4. The molecule has 29 heavy (non-hydrogen) atoms. The summed E-state index contributed by atoms with van der Waals surface area (Å²) in [6.07, 6.45) is 0.965. The Hall–Kier alpha value is -2.88. The first-order valence-electron chi connectivity index (χ1n) is 10.2. The smallest absolute Gasteiger partial charge is 0.223 e. The average Bonchev–Trinajstić information content (AvgIpc) is 3.08. The second kappa shape index (κ2) is 9.08. The lowest BCUT2D eigenvalue weighted by atomic mass is 9.97. The molecule has 1 amide bonds. The van der Waals surface area contributed by atoms with Gasteiger partial charge in [-0.15, -0.1) is 0 Å². The Labute approximate surface area is 173 Å². The lowest BCUT2D eigenvalue weighted by molar-refractivity contribution is -0.132. The Bertz CT molecular complexity index is 883. The summed E-state index contributed by atoms with van der Waals surface area (Å²) in [7, 11) is 0. The van der Waals surface area contributed by atoms with E-state index in [0.717, 1.165) is 28.5 Å². The quantitative estimate of drug-likeness (QED) is 0.539. The summed E-state index contributed by atoms with van der Waals surface area (Å²) in [6, 6.07) is 20.2. The number of benzene rings is 2. The van der Waals surface area contributed by atoms with Crippen LogP contribution in [0.3, 0.4) is 0 Å². The van der Waals surface area contributed by atoms with E-state index < -0.39 is 0 Å². The molecule has 0 aliphatic carbocycles. The highest BCUT2D eigenvalue weighted by atomic mass is 16.4. The summed E-state index contributed by atoms with van der Waals surface area (Å²) >= 11 is 0. The first kappa shape index (κ1) is 20.8. The highest BCUT2D eigenvalue weighted by molar-refractivity contribution is 5.76. The van der Waals surface area contributed by atoms with Crippen LogP contribution >= 0.6 is 0 Å². The van der Waals surface area contributed by atoms with Gasteiger partial charge in [0.05, 0.1) is 5.69 Å². The van der Waals surface area contributed by atoms with Crippen molar-refractivity contribution in [3.63, 3.8) is 0 Å². The second-order valence-corrected chi connectivity index (χ2v) is 8.50. The van der Waals surface area contributed by atoms with E-state index in [4.69, 9.17) is 4.42 Å². The zero-order valence-corrected chi connectivity index (χ0v) is 17.8. The molecule has 0 fully saturated rings. The van der Waals surface area contributed by atoms with Crippen LogP contribution in [0.1, 0.15) is 55.7 Å². The molecule has 0 radical (unpaired) electrons. The Morgan fingerprint density at radius 3 is 1.90 bits per heavy atom. The SMILES string of the molecule is Cc1nc(C(C)(C)C)oc1CCC(=O)N(Cc1ccccc1)Cc1ccccc1. The van der Waals surface area contributed by atoms with Gasteiger partial charge >= 0.3 is 0 Å². The van der Waals surface area contributed by atoms with Crippen molar-refractivity contribution in [1.29, 1.82) is 0 Å². The molecular weight excluding hydrogens is 360 g/mol. The van der Waals surface area contributed by atoms with Crippen LogP contribution in [0.25, 0.3) is 0 Å². The van der Waals surface area contributed by atoms with Crippen LogP contribution in [-0.4, -0.2) is 15.8 Å². The number of carbonyl (C=O) groups is 1. The summed E-state index contributed by atoms with van der Waals surface area (Å²) < 4.78 is 5.96. The molecule has 4 nitrogen and oxygen atoms in total. The summed E-state index contributed by atoms with van der Waals surface area (Å²) in [4.78, 5) is 19.6. The molecule has 3 aromatic rings. The maximum absolute atomic E-state index is 13.1. The predicted molar refractivity (Wildman–Crippen MR) is 115 cm³/mol. The van der Waals surface area contributed by atoms with Crippen molar-refractivity contribution in [1.82, 2.24) is 9.88 Å². The zero-order chi connectivity index (χ0) is 20.9. The number of aromatic nitrogens is 1.